The molecular weight excluding hydrogens is 296 g/mol. The lowest BCUT2D eigenvalue weighted by Crippen LogP contribution is -2.22. The number of rotatable bonds is 3. The van der Waals surface area contributed by atoms with Gasteiger partial charge in [-0.2, -0.15) is 0 Å². The molecule has 3 N–H and O–H groups in total. The Morgan fingerprint density at radius 1 is 1.40 bits per heavy atom. The average Bonchev–Trinajstić information content (AvgIpc) is 3.04. The first-order valence-corrected chi connectivity index (χ1v) is 7.12. The molecule has 0 fully saturated rings. The van der Waals surface area contributed by atoms with E-state index in [2.05, 4.69) is 5.32 Å². The Morgan fingerprint density at radius 3 is 3.00 bits per heavy atom. The van der Waals surface area contributed by atoms with Gasteiger partial charge in [0.1, 0.15) is 10.6 Å². The zero-order valence-electron chi connectivity index (χ0n) is 10.4. The van der Waals surface area contributed by atoms with Crippen molar-refractivity contribution in [1.29, 1.82) is 0 Å². The molecule has 0 spiro atoms. The van der Waals surface area contributed by atoms with Gasteiger partial charge in [0.2, 0.25) is 0 Å². The van der Waals surface area contributed by atoms with E-state index in [0.717, 1.165) is 10.1 Å². The van der Waals surface area contributed by atoms with E-state index in [1.54, 1.807) is 30.5 Å². The molecule has 1 aromatic carbocycles. The lowest BCUT2D eigenvalue weighted by molar-refractivity contribution is 0.0953. The predicted molar refractivity (Wildman–Crippen MR) is 81.1 cm³/mol. The van der Waals surface area contributed by atoms with Crippen molar-refractivity contribution in [2.75, 3.05) is 5.73 Å². The maximum absolute atomic E-state index is 12.2. The summed E-state index contributed by atoms with van der Waals surface area (Å²) in [6, 6.07) is 8.97. The number of benzene rings is 1. The Morgan fingerprint density at radius 2 is 2.25 bits per heavy atom. The van der Waals surface area contributed by atoms with Crippen LogP contribution in [0.2, 0.25) is 5.02 Å². The van der Waals surface area contributed by atoms with E-state index in [4.69, 9.17) is 21.8 Å². The highest BCUT2D eigenvalue weighted by Gasteiger charge is 2.16. The summed E-state index contributed by atoms with van der Waals surface area (Å²) in [4.78, 5) is 12.7. The van der Waals surface area contributed by atoms with Crippen LogP contribution < -0.4 is 11.1 Å². The molecule has 6 heteroatoms. The normalized spacial score (nSPS) is 10.8. The monoisotopic (exact) mass is 306 g/mol. The molecule has 0 aliphatic heterocycles. The molecule has 4 nitrogen and oxygen atoms in total. The molecule has 0 unspecified atom stereocenters. The van der Waals surface area contributed by atoms with Gasteiger partial charge in [-0.25, -0.2) is 0 Å². The lowest BCUT2D eigenvalue weighted by Gasteiger charge is -2.01. The first kappa shape index (κ1) is 13.0. The van der Waals surface area contributed by atoms with E-state index in [-0.39, 0.29) is 5.91 Å². The number of carbonyl (C=O) groups excluding carboxylic acids is 1. The molecule has 2 heterocycles. The summed E-state index contributed by atoms with van der Waals surface area (Å²) in [5.41, 5.74) is 6.51. The fourth-order valence-electron chi connectivity index (χ4n) is 1.92. The molecule has 0 aliphatic carbocycles. The number of nitrogens with two attached hydrogens (primary N) is 1. The zero-order valence-corrected chi connectivity index (χ0v) is 11.9. The number of hydrogen-bond acceptors (Lipinski definition) is 4. The molecule has 20 heavy (non-hydrogen) atoms. The standard InChI is InChI=1S/C14H11ClN2O2S/c15-8-3-4-10-11(6-8)20-13(12(10)16)14(18)17-7-9-2-1-5-19-9/h1-6H,7,16H2,(H,17,18). The minimum atomic E-state index is -0.212. The summed E-state index contributed by atoms with van der Waals surface area (Å²) >= 11 is 7.27. The molecule has 0 saturated heterocycles. The molecule has 3 aromatic rings. The second kappa shape index (κ2) is 5.19. The Balaban J connectivity index is 1.85. The molecular formula is C14H11ClN2O2S. The summed E-state index contributed by atoms with van der Waals surface area (Å²) < 4.78 is 6.07. The van der Waals surface area contributed by atoms with Crippen LogP contribution >= 0.6 is 22.9 Å². The van der Waals surface area contributed by atoms with Gasteiger partial charge in [-0.05, 0) is 30.3 Å². The van der Waals surface area contributed by atoms with Gasteiger partial charge in [-0.3, -0.25) is 4.79 Å². The number of anilines is 1. The third kappa shape index (κ3) is 2.37. The zero-order chi connectivity index (χ0) is 14.1. The molecule has 0 radical (unpaired) electrons. The quantitative estimate of drug-likeness (QED) is 0.776. The highest BCUT2D eigenvalue weighted by atomic mass is 35.5. The molecule has 2 aromatic heterocycles. The van der Waals surface area contributed by atoms with Crippen molar-refractivity contribution in [2.24, 2.45) is 0 Å². The van der Waals surface area contributed by atoms with Gasteiger partial charge in [0.25, 0.3) is 5.91 Å². The third-order valence-corrected chi connectivity index (χ3v) is 4.30. The van der Waals surface area contributed by atoms with Crippen LogP contribution in [0.1, 0.15) is 15.4 Å². The average molecular weight is 307 g/mol. The van der Waals surface area contributed by atoms with E-state index in [1.165, 1.54) is 11.3 Å². The number of fused-ring (bicyclic) bond motifs is 1. The van der Waals surface area contributed by atoms with Crippen molar-refractivity contribution in [3.63, 3.8) is 0 Å². The van der Waals surface area contributed by atoms with Crippen LogP contribution in [-0.2, 0) is 6.54 Å². The molecule has 3 rings (SSSR count). The van der Waals surface area contributed by atoms with Crippen molar-refractivity contribution >= 4 is 44.6 Å². The number of hydrogen-bond donors (Lipinski definition) is 2. The van der Waals surface area contributed by atoms with Gasteiger partial charge < -0.3 is 15.5 Å². The number of nitrogens with one attached hydrogen (secondary N) is 1. The number of nitrogen functional groups attached to an aromatic ring is 1. The molecule has 102 valence electrons. The van der Waals surface area contributed by atoms with Gasteiger partial charge in [-0.15, -0.1) is 11.3 Å². The van der Waals surface area contributed by atoms with Gasteiger partial charge in [0.05, 0.1) is 18.5 Å². The third-order valence-electron chi connectivity index (χ3n) is 2.90. The lowest BCUT2D eigenvalue weighted by atomic mass is 10.2. The van der Waals surface area contributed by atoms with Gasteiger partial charge in [0, 0.05) is 15.1 Å². The van der Waals surface area contributed by atoms with Gasteiger partial charge in [-0.1, -0.05) is 11.6 Å². The summed E-state index contributed by atoms with van der Waals surface area (Å²) in [6.07, 6.45) is 1.57. The topological polar surface area (TPSA) is 68.3 Å². The first-order valence-electron chi connectivity index (χ1n) is 5.93. The van der Waals surface area contributed by atoms with Crippen LogP contribution in [0.3, 0.4) is 0 Å². The van der Waals surface area contributed by atoms with Crippen molar-refractivity contribution in [3.05, 3.63) is 52.3 Å². The van der Waals surface area contributed by atoms with E-state index in [9.17, 15) is 4.79 Å². The Bertz CT molecular complexity index is 765. The largest absolute Gasteiger partial charge is 0.467 e. The van der Waals surface area contributed by atoms with Crippen molar-refractivity contribution in [1.82, 2.24) is 5.32 Å². The minimum absolute atomic E-state index is 0.212. The second-order valence-electron chi connectivity index (χ2n) is 4.25. The van der Waals surface area contributed by atoms with E-state index in [1.807, 2.05) is 6.07 Å². The summed E-state index contributed by atoms with van der Waals surface area (Å²) in [7, 11) is 0. The number of thiophene rings is 1. The molecule has 0 atom stereocenters. The molecule has 1 amide bonds. The fraction of sp³-hybridized carbons (Fsp3) is 0.0714. The molecule has 0 saturated carbocycles. The van der Waals surface area contributed by atoms with E-state index in [0.29, 0.717) is 27.9 Å². The van der Waals surface area contributed by atoms with Crippen LogP contribution in [0, 0.1) is 0 Å². The van der Waals surface area contributed by atoms with Gasteiger partial charge in [0.15, 0.2) is 0 Å². The van der Waals surface area contributed by atoms with Crippen molar-refractivity contribution < 1.29 is 9.21 Å². The highest BCUT2D eigenvalue weighted by Crippen LogP contribution is 2.35. The van der Waals surface area contributed by atoms with E-state index < -0.39 is 0 Å². The number of furan rings is 1. The Kier molecular flexibility index (Phi) is 3.38. The predicted octanol–water partition coefficient (Wildman–Crippen LogP) is 3.66. The van der Waals surface area contributed by atoms with Crippen LogP contribution in [0.4, 0.5) is 5.69 Å². The number of carbonyl (C=O) groups is 1. The SMILES string of the molecule is Nc1c(C(=O)NCc2ccco2)sc2cc(Cl)ccc12. The summed E-state index contributed by atoms with van der Waals surface area (Å²) in [6.45, 7) is 0.334. The van der Waals surface area contributed by atoms with E-state index >= 15 is 0 Å². The number of halogens is 1. The van der Waals surface area contributed by atoms with Crippen LogP contribution in [-0.4, -0.2) is 5.91 Å². The summed E-state index contributed by atoms with van der Waals surface area (Å²) in [5.74, 6) is 0.484. The highest BCUT2D eigenvalue weighted by molar-refractivity contribution is 7.21. The molecule has 0 aliphatic rings. The first-order chi connectivity index (χ1) is 9.65. The molecule has 0 bridgehead atoms. The smallest absolute Gasteiger partial charge is 0.263 e. The van der Waals surface area contributed by atoms with Crippen LogP contribution in [0.5, 0.6) is 0 Å². The number of amides is 1. The van der Waals surface area contributed by atoms with Crippen molar-refractivity contribution in [2.45, 2.75) is 6.54 Å². The second-order valence-corrected chi connectivity index (χ2v) is 5.74. The van der Waals surface area contributed by atoms with Gasteiger partial charge >= 0.3 is 0 Å². The van der Waals surface area contributed by atoms with Crippen LogP contribution in [0.15, 0.2) is 41.0 Å². The maximum Gasteiger partial charge on any atom is 0.263 e. The van der Waals surface area contributed by atoms with Crippen molar-refractivity contribution in [3.8, 4) is 0 Å². The maximum atomic E-state index is 12.2. The minimum Gasteiger partial charge on any atom is -0.467 e. The Labute approximate surface area is 124 Å². The fourth-order valence-corrected chi connectivity index (χ4v) is 3.24. The summed E-state index contributed by atoms with van der Waals surface area (Å²) in [5, 5.41) is 4.26. The van der Waals surface area contributed by atoms with Crippen LogP contribution in [0.25, 0.3) is 10.1 Å². The Hall–Kier alpha value is -1.98.